The van der Waals surface area contributed by atoms with Crippen LogP contribution in [0.15, 0.2) is 64.9 Å². The van der Waals surface area contributed by atoms with Gasteiger partial charge in [0.15, 0.2) is 11.5 Å². The zero-order chi connectivity index (χ0) is 24.9. The maximum atomic E-state index is 13.7. The summed E-state index contributed by atoms with van der Waals surface area (Å²) in [6.45, 7) is 5.86. The standard InChI is InChI=1S/C27H31N3O4S/c1-16(2)21(13-31)28-15-29(30-17(3)12-22(32)26(33)25(30)27(28)34)24-19-9-5-4-8-18(19)14-35-23-11-7-6-10-20(23)24/h4-11,16-17,21,24,31,33H,12-15H2,1-3H3/t17?,21-,24?/m0/s1. The van der Waals surface area contributed by atoms with E-state index in [1.165, 1.54) is 5.56 Å². The maximum Gasteiger partial charge on any atom is 0.276 e. The fraction of sp³-hybridized carbons (Fsp3) is 0.407. The molecule has 35 heavy (non-hydrogen) atoms. The van der Waals surface area contributed by atoms with Crippen LogP contribution in [0.3, 0.4) is 0 Å². The van der Waals surface area contributed by atoms with Crippen molar-refractivity contribution in [2.75, 3.05) is 13.3 Å². The predicted molar refractivity (Wildman–Crippen MR) is 134 cm³/mol. The smallest absolute Gasteiger partial charge is 0.276 e. The summed E-state index contributed by atoms with van der Waals surface area (Å²) in [4.78, 5) is 29.1. The predicted octanol–water partition coefficient (Wildman–Crippen LogP) is 3.85. The SMILES string of the molecule is CC(C)[C@H](CO)N1CN(C2c3ccccc3CSc3ccccc32)N2C(=C(O)C(=O)CC2C)C1=O. The molecule has 0 spiro atoms. The van der Waals surface area contributed by atoms with E-state index in [1.54, 1.807) is 16.7 Å². The lowest BCUT2D eigenvalue weighted by atomic mass is 9.92. The van der Waals surface area contributed by atoms with Gasteiger partial charge < -0.3 is 15.1 Å². The van der Waals surface area contributed by atoms with Gasteiger partial charge in [0.05, 0.1) is 31.4 Å². The highest BCUT2D eigenvalue weighted by Gasteiger charge is 2.49. The lowest BCUT2D eigenvalue weighted by Gasteiger charge is -2.54. The van der Waals surface area contributed by atoms with E-state index < -0.39 is 23.5 Å². The van der Waals surface area contributed by atoms with Crippen LogP contribution in [0, 0.1) is 5.92 Å². The fourth-order valence-electron chi connectivity index (χ4n) is 5.46. The van der Waals surface area contributed by atoms with Gasteiger partial charge in [-0.05, 0) is 35.6 Å². The number of benzene rings is 2. The number of thioether (sulfide) groups is 1. The van der Waals surface area contributed by atoms with Crippen molar-refractivity contribution in [1.82, 2.24) is 14.9 Å². The number of amides is 1. The molecule has 184 valence electrons. The number of carbonyl (C=O) groups excluding carboxylic acids is 2. The first kappa shape index (κ1) is 23.9. The van der Waals surface area contributed by atoms with Crippen molar-refractivity contribution in [2.24, 2.45) is 5.92 Å². The zero-order valence-corrected chi connectivity index (χ0v) is 21.0. The molecule has 0 bridgehead atoms. The van der Waals surface area contributed by atoms with Gasteiger partial charge in [0.25, 0.3) is 5.91 Å². The molecule has 8 heteroatoms. The van der Waals surface area contributed by atoms with Crippen molar-refractivity contribution in [1.29, 1.82) is 0 Å². The molecule has 3 heterocycles. The fourth-order valence-corrected chi connectivity index (χ4v) is 6.56. The van der Waals surface area contributed by atoms with Crippen LogP contribution in [0.25, 0.3) is 0 Å². The zero-order valence-electron chi connectivity index (χ0n) is 20.2. The van der Waals surface area contributed by atoms with Gasteiger partial charge in [-0.2, -0.15) is 5.01 Å². The van der Waals surface area contributed by atoms with E-state index in [0.29, 0.717) is 0 Å². The van der Waals surface area contributed by atoms with Gasteiger partial charge in [-0.1, -0.05) is 56.3 Å². The third-order valence-electron chi connectivity index (χ3n) is 7.25. The largest absolute Gasteiger partial charge is 0.503 e. The molecule has 3 aliphatic rings. The van der Waals surface area contributed by atoms with Gasteiger partial charge in [-0.25, -0.2) is 0 Å². The molecule has 0 radical (unpaired) electrons. The number of carbonyl (C=O) groups is 2. The average Bonchev–Trinajstić information content (AvgIpc) is 3.00. The van der Waals surface area contributed by atoms with E-state index in [0.717, 1.165) is 21.8 Å². The molecule has 1 amide bonds. The Bertz CT molecular complexity index is 1150. The number of allylic oxidation sites excluding steroid dienone is 1. The summed E-state index contributed by atoms with van der Waals surface area (Å²) in [6.07, 6.45) is 0.123. The highest BCUT2D eigenvalue weighted by Crippen LogP contribution is 2.46. The highest BCUT2D eigenvalue weighted by molar-refractivity contribution is 7.98. The molecule has 5 rings (SSSR count). The Morgan fingerprint density at radius 2 is 1.74 bits per heavy atom. The van der Waals surface area contributed by atoms with Crippen molar-refractivity contribution >= 4 is 23.5 Å². The van der Waals surface area contributed by atoms with E-state index in [4.69, 9.17) is 0 Å². The van der Waals surface area contributed by atoms with Crippen LogP contribution in [-0.2, 0) is 15.3 Å². The Morgan fingerprint density at radius 1 is 1.06 bits per heavy atom. The van der Waals surface area contributed by atoms with Gasteiger partial charge in [0.2, 0.25) is 5.78 Å². The van der Waals surface area contributed by atoms with Crippen LogP contribution in [0.5, 0.6) is 0 Å². The third kappa shape index (κ3) is 3.93. The molecule has 2 aromatic carbocycles. The van der Waals surface area contributed by atoms with E-state index in [9.17, 15) is 19.8 Å². The van der Waals surface area contributed by atoms with Crippen molar-refractivity contribution in [3.63, 3.8) is 0 Å². The molecule has 2 N–H and O–H groups in total. The maximum absolute atomic E-state index is 13.7. The first-order valence-electron chi connectivity index (χ1n) is 12.1. The molecule has 2 aromatic rings. The van der Waals surface area contributed by atoms with Gasteiger partial charge in [-0.15, -0.1) is 11.8 Å². The summed E-state index contributed by atoms with van der Waals surface area (Å²) >= 11 is 1.79. The minimum Gasteiger partial charge on any atom is -0.503 e. The van der Waals surface area contributed by atoms with Gasteiger partial charge >= 0.3 is 0 Å². The molecule has 1 fully saturated rings. The third-order valence-corrected chi connectivity index (χ3v) is 8.39. The summed E-state index contributed by atoms with van der Waals surface area (Å²) in [6, 6.07) is 15.6. The molecule has 0 aromatic heterocycles. The molecule has 7 nitrogen and oxygen atoms in total. The summed E-state index contributed by atoms with van der Waals surface area (Å²) < 4.78 is 0. The number of aliphatic hydroxyl groups excluding tert-OH is 2. The Balaban J connectivity index is 1.74. The second-order valence-electron chi connectivity index (χ2n) is 9.80. The van der Waals surface area contributed by atoms with Crippen molar-refractivity contribution in [3.05, 3.63) is 76.7 Å². The molecule has 0 saturated carbocycles. The summed E-state index contributed by atoms with van der Waals surface area (Å²) in [7, 11) is 0. The van der Waals surface area contributed by atoms with Gasteiger partial charge in [0.1, 0.15) is 0 Å². The molecular formula is C27H31N3O4S. The average molecular weight is 494 g/mol. The van der Waals surface area contributed by atoms with Crippen LogP contribution in [0.2, 0.25) is 0 Å². The van der Waals surface area contributed by atoms with Crippen molar-refractivity contribution < 1.29 is 19.8 Å². The van der Waals surface area contributed by atoms with Crippen LogP contribution in [-0.4, -0.2) is 62.2 Å². The minimum absolute atomic E-state index is 0.00552. The number of hydrogen-bond donors (Lipinski definition) is 2. The number of rotatable bonds is 4. The summed E-state index contributed by atoms with van der Waals surface area (Å²) in [5.41, 5.74) is 3.46. The topological polar surface area (TPSA) is 84.3 Å². The second-order valence-corrected chi connectivity index (χ2v) is 10.8. The molecule has 1 saturated heterocycles. The minimum atomic E-state index is -0.493. The normalized spacial score (nSPS) is 23.7. The molecule has 3 atom stereocenters. The number of fused-ring (bicyclic) bond motifs is 3. The Hall–Kier alpha value is -2.81. The van der Waals surface area contributed by atoms with Crippen LogP contribution in [0.1, 0.15) is 49.9 Å². The first-order chi connectivity index (χ1) is 16.8. The van der Waals surface area contributed by atoms with Gasteiger partial charge in [-0.3, -0.25) is 14.6 Å². The first-order valence-corrected chi connectivity index (χ1v) is 13.1. The lowest BCUT2D eigenvalue weighted by Crippen LogP contribution is -2.65. The number of Topliss-reactive ketones (excluding diaryl/α,β-unsaturated/α-hetero) is 1. The quantitative estimate of drug-likeness (QED) is 0.669. The number of aliphatic hydroxyl groups is 2. The van der Waals surface area contributed by atoms with Crippen molar-refractivity contribution in [2.45, 2.75) is 56.0 Å². The Kier molecular flexibility index (Phi) is 6.38. The van der Waals surface area contributed by atoms with Crippen LogP contribution < -0.4 is 0 Å². The van der Waals surface area contributed by atoms with Gasteiger partial charge in [0, 0.05) is 17.1 Å². The van der Waals surface area contributed by atoms with E-state index >= 15 is 0 Å². The molecule has 0 aliphatic carbocycles. The van der Waals surface area contributed by atoms with E-state index in [-0.39, 0.29) is 43.4 Å². The Morgan fingerprint density at radius 3 is 2.46 bits per heavy atom. The van der Waals surface area contributed by atoms with Crippen molar-refractivity contribution in [3.8, 4) is 0 Å². The number of hydrazine groups is 1. The van der Waals surface area contributed by atoms with Crippen LogP contribution in [0.4, 0.5) is 0 Å². The highest BCUT2D eigenvalue weighted by atomic mass is 32.2. The number of ketones is 1. The van der Waals surface area contributed by atoms with E-state index in [1.807, 2.05) is 50.0 Å². The van der Waals surface area contributed by atoms with E-state index in [2.05, 4.69) is 29.3 Å². The number of nitrogens with zero attached hydrogens (tertiary/aromatic N) is 3. The summed E-state index contributed by atoms with van der Waals surface area (Å²) in [5, 5.41) is 25.0. The second kappa shape index (κ2) is 9.33. The van der Waals surface area contributed by atoms with Crippen LogP contribution >= 0.6 is 11.8 Å². The summed E-state index contributed by atoms with van der Waals surface area (Å²) in [5.74, 6) is -0.529. The molecule has 2 unspecified atom stereocenters. The lowest BCUT2D eigenvalue weighted by molar-refractivity contribution is -0.173. The molecule has 3 aliphatic heterocycles. The molecular weight excluding hydrogens is 462 g/mol. The monoisotopic (exact) mass is 493 g/mol. The Labute approximate surface area is 210 Å². The number of hydrogen-bond acceptors (Lipinski definition) is 7.